The fraction of sp³-hybridized carbons (Fsp3) is 0.333. The molecule has 0 unspecified atom stereocenters. The normalized spacial score (nSPS) is 20.1. The van der Waals surface area contributed by atoms with E-state index in [2.05, 4.69) is 0 Å². The van der Waals surface area contributed by atoms with Gasteiger partial charge in [0.2, 0.25) is 0 Å². The summed E-state index contributed by atoms with van der Waals surface area (Å²) in [7, 11) is -3.59. The van der Waals surface area contributed by atoms with E-state index in [9.17, 15) is 18.0 Å². The van der Waals surface area contributed by atoms with E-state index in [0.717, 1.165) is 10.4 Å². The summed E-state index contributed by atoms with van der Waals surface area (Å²) in [6.45, 7) is 2.77. The number of carboxylic acid groups (broad SMARTS) is 1. The number of hydrogen-bond acceptors (Lipinski definition) is 5. The van der Waals surface area contributed by atoms with E-state index in [4.69, 9.17) is 5.11 Å². The maximum atomic E-state index is 11.9. The Morgan fingerprint density at radius 2 is 2.15 bits per heavy atom. The van der Waals surface area contributed by atoms with Crippen molar-refractivity contribution >= 4 is 39.3 Å². The Balaban J connectivity index is 2.13. The molecule has 2 rings (SSSR count). The van der Waals surface area contributed by atoms with E-state index in [1.54, 1.807) is 11.4 Å². The molecule has 1 N–H and O–H groups in total. The lowest BCUT2D eigenvalue weighted by molar-refractivity contribution is -0.133. The van der Waals surface area contributed by atoms with Gasteiger partial charge in [-0.05, 0) is 36.9 Å². The molecule has 0 radical (unpaired) electrons. The fourth-order valence-corrected chi connectivity index (χ4v) is 4.22. The van der Waals surface area contributed by atoms with Crippen molar-refractivity contribution in [2.24, 2.45) is 0 Å². The van der Waals surface area contributed by atoms with E-state index in [1.165, 1.54) is 31.3 Å². The van der Waals surface area contributed by atoms with Gasteiger partial charge in [0, 0.05) is 11.0 Å². The van der Waals surface area contributed by atoms with E-state index in [-0.39, 0.29) is 6.54 Å². The first-order valence-corrected chi connectivity index (χ1v) is 8.03. The van der Waals surface area contributed by atoms with Crippen LogP contribution in [0, 0.1) is 0 Å². The maximum Gasteiger partial charge on any atom is 0.328 e. The number of hydrogen-bond donors (Lipinski definition) is 1. The summed E-state index contributed by atoms with van der Waals surface area (Å²) in [4.78, 5) is 22.9. The molecule has 0 aromatic carbocycles. The third-order valence-corrected chi connectivity index (χ3v) is 6.35. The lowest BCUT2D eigenvalue weighted by atomic mass is 10.2. The first-order valence-electron chi connectivity index (χ1n) is 5.71. The van der Waals surface area contributed by atoms with Gasteiger partial charge in [-0.15, -0.1) is 11.3 Å². The number of carbonyl (C=O) groups excluding carboxylic acids is 1. The Bertz CT molecular complexity index is 699. The van der Waals surface area contributed by atoms with Crippen LogP contribution in [-0.4, -0.2) is 34.5 Å². The molecule has 1 aliphatic rings. The van der Waals surface area contributed by atoms with Crippen molar-refractivity contribution in [1.29, 1.82) is 0 Å². The number of rotatable bonds is 4. The number of nitrogens with zero attached hydrogens (tertiary/aromatic N) is 1. The predicted molar refractivity (Wildman–Crippen MR) is 74.5 cm³/mol. The van der Waals surface area contributed by atoms with Gasteiger partial charge in [0.05, 0.1) is 6.54 Å². The van der Waals surface area contributed by atoms with Crippen molar-refractivity contribution in [3.63, 3.8) is 0 Å². The first-order chi connectivity index (χ1) is 9.16. The van der Waals surface area contributed by atoms with Crippen LogP contribution in [0.25, 0.3) is 6.08 Å². The topological polar surface area (TPSA) is 91.8 Å². The van der Waals surface area contributed by atoms with Crippen LogP contribution in [0.3, 0.4) is 0 Å². The minimum Gasteiger partial charge on any atom is -0.478 e. The second-order valence-electron chi connectivity index (χ2n) is 4.85. The summed E-state index contributed by atoms with van der Waals surface area (Å²) in [5.74, 6) is -1.48. The van der Waals surface area contributed by atoms with Crippen molar-refractivity contribution in [2.45, 2.75) is 25.1 Å². The van der Waals surface area contributed by atoms with Crippen LogP contribution >= 0.6 is 11.3 Å². The van der Waals surface area contributed by atoms with Crippen molar-refractivity contribution in [3.05, 3.63) is 28.0 Å². The van der Waals surface area contributed by atoms with Gasteiger partial charge in [-0.25, -0.2) is 17.5 Å². The van der Waals surface area contributed by atoms with Crippen LogP contribution in [0.4, 0.5) is 0 Å². The van der Waals surface area contributed by atoms with Gasteiger partial charge in [-0.1, -0.05) is 0 Å². The van der Waals surface area contributed by atoms with Crippen LogP contribution < -0.4 is 0 Å². The Morgan fingerprint density at radius 3 is 2.70 bits per heavy atom. The zero-order chi connectivity index (χ0) is 15.1. The molecule has 20 heavy (non-hydrogen) atoms. The van der Waals surface area contributed by atoms with Crippen LogP contribution in [-0.2, 0) is 26.2 Å². The van der Waals surface area contributed by atoms with Crippen LogP contribution in [0.15, 0.2) is 17.5 Å². The van der Waals surface area contributed by atoms with E-state index in [0.29, 0.717) is 10.4 Å². The highest BCUT2D eigenvalue weighted by Crippen LogP contribution is 2.36. The molecule has 0 atom stereocenters. The van der Waals surface area contributed by atoms with Crippen molar-refractivity contribution < 1.29 is 23.1 Å². The summed E-state index contributed by atoms with van der Waals surface area (Å²) in [5, 5.41) is 10.2. The number of sulfonamides is 1. The lowest BCUT2D eigenvalue weighted by Crippen LogP contribution is -2.66. The van der Waals surface area contributed by atoms with Gasteiger partial charge >= 0.3 is 5.97 Å². The van der Waals surface area contributed by atoms with Crippen molar-refractivity contribution in [1.82, 2.24) is 4.31 Å². The molecule has 0 spiro atoms. The minimum atomic E-state index is -3.59. The third kappa shape index (κ3) is 2.25. The van der Waals surface area contributed by atoms with Crippen LogP contribution in [0.1, 0.15) is 24.3 Å². The zero-order valence-corrected chi connectivity index (χ0v) is 12.5. The predicted octanol–water partition coefficient (Wildman–Crippen LogP) is 1.30. The number of carbonyl (C=O) groups is 2. The summed E-state index contributed by atoms with van der Waals surface area (Å²) in [5.41, 5.74) is 0.664. The molecule has 0 saturated carbocycles. The van der Waals surface area contributed by atoms with E-state index in [1.807, 2.05) is 0 Å². The Hall–Kier alpha value is -1.67. The van der Waals surface area contributed by atoms with Gasteiger partial charge in [0.15, 0.2) is 4.75 Å². The standard InChI is InChI=1S/C12H13NO5S2/c1-12(2)11(16)13(20(12,17)18)6-9-5-8(7-19-9)3-4-10(14)15/h3-5,7H,6H2,1-2H3,(H,14,15)/b4-3+. The summed E-state index contributed by atoms with van der Waals surface area (Å²) < 4.78 is 23.4. The molecule has 1 fully saturated rings. The third-order valence-electron chi connectivity index (χ3n) is 3.07. The van der Waals surface area contributed by atoms with Crippen LogP contribution in [0.2, 0.25) is 0 Å². The molecule has 0 bridgehead atoms. The van der Waals surface area contributed by atoms with E-state index >= 15 is 0 Å². The van der Waals surface area contributed by atoms with Crippen molar-refractivity contribution in [2.75, 3.05) is 0 Å². The smallest absolute Gasteiger partial charge is 0.328 e. The van der Waals surface area contributed by atoms with Gasteiger partial charge in [-0.3, -0.25) is 4.79 Å². The number of carboxylic acids is 1. The average Bonchev–Trinajstić information content (AvgIpc) is 2.80. The molecule has 2 heterocycles. The average molecular weight is 315 g/mol. The Labute approximate surface area is 120 Å². The second-order valence-corrected chi connectivity index (χ2v) is 8.25. The molecule has 1 aliphatic heterocycles. The summed E-state index contributed by atoms with van der Waals surface area (Å²) in [6, 6.07) is 1.66. The van der Waals surface area contributed by atoms with E-state index < -0.39 is 26.6 Å². The lowest BCUT2D eigenvalue weighted by Gasteiger charge is -2.42. The molecular weight excluding hydrogens is 302 g/mol. The number of aliphatic carboxylic acids is 1. The van der Waals surface area contributed by atoms with Gasteiger partial charge < -0.3 is 5.11 Å². The first kappa shape index (κ1) is 14.7. The summed E-state index contributed by atoms with van der Waals surface area (Å²) >= 11 is 1.28. The minimum absolute atomic E-state index is 0.00379. The molecular formula is C12H13NO5S2. The van der Waals surface area contributed by atoms with Gasteiger partial charge in [0.1, 0.15) is 0 Å². The van der Waals surface area contributed by atoms with Crippen LogP contribution in [0.5, 0.6) is 0 Å². The molecule has 1 saturated heterocycles. The molecule has 1 aromatic heterocycles. The molecule has 6 nitrogen and oxygen atoms in total. The number of thiophene rings is 1. The highest BCUT2D eigenvalue weighted by Gasteiger charge is 2.59. The van der Waals surface area contributed by atoms with Crippen molar-refractivity contribution in [3.8, 4) is 0 Å². The summed E-state index contributed by atoms with van der Waals surface area (Å²) in [6.07, 6.45) is 2.42. The zero-order valence-electron chi connectivity index (χ0n) is 10.9. The van der Waals surface area contributed by atoms with Gasteiger partial charge in [-0.2, -0.15) is 0 Å². The quantitative estimate of drug-likeness (QED) is 0.845. The molecule has 108 valence electrons. The highest BCUT2D eigenvalue weighted by atomic mass is 32.2. The van der Waals surface area contributed by atoms with Gasteiger partial charge in [0.25, 0.3) is 15.9 Å². The molecule has 8 heteroatoms. The molecule has 1 aromatic rings. The Morgan fingerprint density at radius 1 is 1.50 bits per heavy atom. The SMILES string of the molecule is CC1(C)C(=O)N(Cc2cc(/C=C/C(=O)O)cs2)S1(=O)=O. The second kappa shape index (κ2) is 4.71. The maximum absolute atomic E-state index is 11.9. The Kier molecular flexibility index (Phi) is 3.47. The number of amides is 1. The fourth-order valence-electron chi connectivity index (χ4n) is 1.79. The molecule has 1 amide bonds. The largest absolute Gasteiger partial charge is 0.478 e. The monoisotopic (exact) mass is 315 g/mol. The molecule has 0 aliphatic carbocycles. The highest BCUT2D eigenvalue weighted by molar-refractivity contribution is 7.94.